The molecule has 0 spiro atoms. The van der Waals surface area contributed by atoms with E-state index in [1.165, 1.54) is 6.26 Å². The van der Waals surface area contributed by atoms with E-state index < -0.39 is 21.2 Å². The van der Waals surface area contributed by atoms with Crippen LogP contribution in [0.5, 0.6) is 11.5 Å². The van der Waals surface area contributed by atoms with E-state index in [1.807, 2.05) is 61.5 Å². The highest BCUT2D eigenvalue weighted by atomic mass is 32.2. The van der Waals surface area contributed by atoms with Crippen molar-refractivity contribution in [2.45, 2.75) is 31.8 Å². The van der Waals surface area contributed by atoms with Crippen molar-refractivity contribution >= 4 is 15.8 Å². The number of carbonyl (C=O) groups is 1. The van der Waals surface area contributed by atoms with Gasteiger partial charge in [0.25, 0.3) is 0 Å². The van der Waals surface area contributed by atoms with Gasteiger partial charge in [0, 0.05) is 6.26 Å². The first-order valence-corrected chi connectivity index (χ1v) is 14.2. The van der Waals surface area contributed by atoms with Crippen LogP contribution in [0, 0.1) is 6.92 Å². The minimum Gasteiger partial charge on any atom is -0.494 e. The first-order valence-electron chi connectivity index (χ1n) is 12.2. The Bertz CT molecular complexity index is 1340. The van der Waals surface area contributed by atoms with Crippen LogP contribution in [0.15, 0.2) is 66.7 Å². The van der Waals surface area contributed by atoms with Crippen molar-refractivity contribution in [3.63, 3.8) is 0 Å². The van der Waals surface area contributed by atoms with Gasteiger partial charge in [-0.2, -0.15) is 0 Å². The van der Waals surface area contributed by atoms with E-state index in [9.17, 15) is 18.3 Å². The lowest BCUT2D eigenvalue weighted by molar-refractivity contribution is -0.145. The van der Waals surface area contributed by atoms with Gasteiger partial charge in [0.1, 0.15) is 27.9 Å². The number of carboxylic acid groups (broad SMARTS) is 1. The lowest BCUT2D eigenvalue weighted by Crippen LogP contribution is -2.48. The molecule has 0 atom stereocenters. The van der Waals surface area contributed by atoms with E-state index in [1.54, 1.807) is 0 Å². The summed E-state index contributed by atoms with van der Waals surface area (Å²) in [6.07, 6.45) is 1.74. The topological polar surface area (TPSA) is 99.1 Å². The van der Waals surface area contributed by atoms with E-state index in [0.29, 0.717) is 38.6 Å². The van der Waals surface area contributed by atoms with Gasteiger partial charge in [-0.15, -0.1) is 0 Å². The quantitative estimate of drug-likeness (QED) is 0.340. The van der Waals surface area contributed by atoms with Gasteiger partial charge in [-0.1, -0.05) is 36.4 Å². The summed E-state index contributed by atoms with van der Waals surface area (Å²) in [4.78, 5) is 11.3. The van der Waals surface area contributed by atoms with Crippen LogP contribution in [0.25, 0.3) is 11.1 Å². The Hall–Kier alpha value is -3.36. The highest BCUT2D eigenvalue weighted by Gasteiger charge is 2.42. The molecule has 1 aliphatic heterocycles. The number of sulfone groups is 1. The number of aryl methyl sites for hydroxylation is 1. The van der Waals surface area contributed by atoms with Gasteiger partial charge < -0.3 is 19.3 Å². The Kier molecular flexibility index (Phi) is 8.19. The standard InChI is InChI=1S/C29H32O7S/c1-21-15-26(35-13-4-14-37(2,32)33)11-12-27(21)23-6-3-5-22(16-23)18-36-25-9-7-24(8-10-25)29(17-28(30)31)19-34-20-29/h3,5-12,15-16H,4,13-14,17-20H2,1-2H3,(H,30,31). The Labute approximate surface area is 217 Å². The molecule has 1 aliphatic rings. The average molecular weight is 525 g/mol. The number of hydrogen-bond acceptors (Lipinski definition) is 6. The molecule has 0 saturated carbocycles. The molecule has 0 aromatic heterocycles. The smallest absolute Gasteiger partial charge is 0.304 e. The van der Waals surface area contributed by atoms with Gasteiger partial charge in [0.2, 0.25) is 0 Å². The summed E-state index contributed by atoms with van der Waals surface area (Å²) >= 11 is 0. The fraction of sp³-hybridized carbons (Fsp3) is 0.345. The zero-order valence-electron chi connectivity index (χ0n) is 21.1. The van der Waals surface area contributed by atoms with Crippen molar-refractivity contribution in [1.29, 1.82) is 0 Å². The third-order valence-electron chi connectivity index (χ3n) is 6.48. The summed E-state index contributed by atoms with van der Waals surface area (Å²) in [6.45, 7) is 3.61. The van der Waals surface area contributed by atoms with Crippen molar-refractivity contribution < 1.29 is 32.5 Å². The molecule has 1 N–H and O–H groups in total. The normalized spacial score (nSPS) is 14.5. The zero-order chi connectivity index (χ0) is 26.5. The molecular weight excluding hydrogens is 492 g/mol. The molecule has 0 bridgehead atoms. The number of hydrogen-bond donors (Lipinski definition) is 1. The van der Waals surface area contributed by atoms with Crippen LogP contribution in [-0.2, 0) is 31.4 Å². The molecule has 1 fully saturated rings. The predicted octanol–water partition coefficient (Wildman–Crippen LogP) is 4.80. The molecule has 0 unspecified atom stereocenters. The Morgan fingerprint density at radius 3 is 2.35 bits per heavy atom. The van der Waals surface area contributed by atoms with Crippen LogP contribution in [-0.4, -0.2) is 51.3 Å². The number of ether oxygens (including phenoxy) is 3. The minimum atomic E-state index is -2.98. The Morgan fingerprint density at radius 1 is 1.00 bits per heavy atom. The third kappa shape index (κ3) is 7.11. The highest BCUT2D eigenvalue weighted by molar-refractivity contribution is 7.90. The van der Waals surface area contributed by atoms with Crippen LogP contribution >= 0.6 is 0 Å². The molecule has 1 heterocycles. The average Bonchev–Trinajstić information content (AvgIpc) is 2.83. The van der Waals surface area contributed by atoms with Crippen LogP contribution < -0.4 is 9.47 Å². The Balaban J connectivity index is 1.36. The molecular formula is C29H32O7S. The van der Waals surface area contributed by atoms with Gasteiger partial charge in [-0.25, -0.2) is 8.42 Å². The van der Waals surface area contributed by atoms with Crippen LogP contribution in [0.3, 0.4) is 0 Å². The van der Waals surface area contributed by atoms with E-state index in [0.717, 1.165) is 33.6 Å². The Morgan fingerprint density at radius 2 is 1.73 bits per heavy atom. The number of benzene rings is 3. The maximum absolute atomic E-state index is 11.3. The molecule has 3 aromatic carbocycles. The maximum Gasteiger partial charge on any atom is 0.304 e. The fourth-order valence-electron chi connectivity index (χ4n) is 4.47. The highest BCUT2D eigenvalue weighted by Crippen LogP contribution is 2.36. The summed E-state index contributed by atoms with van der Waals surface area (Å²) in [6, 6.07) is 21.6. The van der Waals surface area contributed by atoms with Crippen molar-refractivity contribution in [1.82, 2.24) is 0 Å². The number of rotatable bonds is 12. The summed E-state index contributed by atoms with van der Waals surface area (Å²) in [7, 11) is -2.98. The summed E-state index contributed by atoms with van der Waals surface area (Å²) in [5.74, 6) is 0.721. The van der Waals surface area contributed by atoms with Crippen LogP contribution in [0.4, 0.5) is 0 Å². The maximum atomic E-state index is 11.3. The molecule has 8 heteroatoms. The molecule has 0 amide bonds. The third-order valence-corrected chi connectivity index (χ3v) is 7.51. The second kappa shape index (κ2) is 11.4. The van der Waals surface area contributed by atoms with E-state index in [4.69, 9.17) is 14.2 Å². The monoisotopic (exact) mass is 524 g/mol. The molecule has 0 radical (unpaired) electrons. The first-order chi connectivity index (χ1) is 17.6. The lowest BCUT2D eigenvalue weighted by Gasteiger charge is -2.40. The summed E-state index contributed by atoms with van der Waals surface area (Å²) in [5, 5.41) is 9.24. The lowest BCUT2D eigenvalue weighted by atomic mass is 9.76. The van der Waals surface area contributed by atoms with E-state index >= 15 is 0 Å². The van der Waals surface area contributed by atoms with Crippen LogP contribution in [0.2, 0.25) is 0 Å². The van der Waals surface area contributed by atoms with Gasteiger partial charge in [0.15, 0.2) is 0 Å². The first kappa shape index (κ1) is 26.7. The van der Waals surface area contributed by atoms with Crippen LogP contribution in [0.1, 0.15) is 29.5 Å². The largest absolute Gasteiger partial charge is 0.494 e. The number of carboxylic acids is 1. The van der Waals surface area contributed by atoms with Crippen molar-refractivity contribution in [3.8, 4) is 22.6 Å². The molecule has 4 rings (SSSR count). The predicted molar refractivity (Wildman–Crippen MR) is 142 cm³/mol. The molecule has 3 aromatic rings. The van der Waals surface area contributed by atoms with Crippen molar-refractivity contribution in [3.05, 3.63) is 83.4 Å². The van der Waals surface area contributed by atoms with Crippen molar-refractivity contribution in [2.75, 3.05) is 31.8 Å². The molecule has 196 valence electrons. The zero-order valence-corrected chi connectivity index (χ0v) is 21.9. The van der Waals surface area contributed by atoms with E-state index in [-0.39, 0.29) is 12.2 Å². The van der Waals surface area contributed by atoms with E-state index in [2.05, 4.69) is 12.1 Å². The molecule has 0 aliphatic carbocycles. The molecule has 7 nitrogen and oxygen atoms in total. The second-order valence-electron chi connectivity index (χ2n) is 9.67. The van der Waals surface area contributed by atoms with Gasteiger partial charge in [-0.05, 0) is 71.5 Å². The fourth-order valence-corrected chi connectivity index (χ4v) is 5.11. The summed E-state index contributed by atoms with van der Waals surface area (Å²) in [5.41, 5.74) is 4.74. The van der Waals surface area contributed by atoms with Gasteiger partial charge >= 0.3 is 5.97 Å². The second-order valence-corrected chi connectivity index (χ2v) is 11.9. The SMILES string of the molecule is Cc1cc(OCCCS(C)(=O)=O)ccc1-c1cccc(COc2ccc(C3(CC(=O)O)COC3)cc2)c1. The molecule has 37 heavy (non-hydrogen) atoms. The van der Waals surface area contributed by atoms with Crippen molar-refractivity contribution in [2.24, 2.45) is 0 Å². The minimum absolute atomic E-state index is 0.0513. The molecule has 1 saturated heterocycles. The van der Waals surface area contributed by atoms with Gasteiger partial charge in [-0.3, -0.25) is 4.79 Å². The summed E-state index contributed by atoms with van der Waals surface area (Å²) < 4.78 is 39.5. The van der Waals surface area contributed by atoms with Gasteiger partial charge in [0.05, 0.1) is 37.4 Å². The number of aliphatic carboxylic acids is 1.